The fraction of sp³-hybridized carbons (Fsp3) is 0.412. The molecule has 0 spiro atoms. The molecule has 146 valence electrons. The van der Waals surface area contributed by atoms with Gasteiger partial charge in [0.1, 0.15) is 4.32 Å². The predicted molar refractivity (Wildman–Crippen MR) is 104 cm³/mol. The molecule has 1 heterocycles. The number of nitrogens with one attached hydrogen (secondary N) is 1. The van der Waals surface area contributed by atoms with E-state index in [2.05, 4.69) is 5.32 Å². The number of carbonyl (C=O) groups is 3. The molecule has 1 aromatic rings. The summed E-state index contributed by atoms with van der Waals surface area (Å²) >= 11 is 6.34. The zero-order chi connectivity index (χ0) is 19.6. The fourth-order valence-electron chi connectivity index (χ4n) is 2.12. The Balaban J connectivity index is 1.64. The number of esters is 1. The van der Waals surface area contributed by atoms with Gasteiger partial charge in [0.25, 0.3) is 5.91 Å². The predicted octanol–water partition coefficient (Wildman–Crippen LogP) is 0.984. The van der Waals surface area contributed by atoms with E-state index in [1.165, 1.54) is 16.7 Å². The van der Waals surface area contributed by atoms with Gasteiger partial charge in [0.15, 0.2) is 24.7 Å². The molecule has 1 aliphatic rings. The van der Waals surface area contributed by atoms with Crippen molar-refractivity contribution < 1.29 is 28.6 Å². The lowest BCUT2D eigenvalue weighted by Crippen LogP contribution is -2.38. The Morgan fingerprint density at radius 1 is 1.22 bits per heavy atom. The number of amides is 2. The van der Waals surface area contributed by atoms with Gasteiger partial charge in [-0.25, -0.2) is 4.79 Å². The van der Waals surface area contributed by atoms with E-state index < -0.39 is 18.5 Å². The highest BCUT2D eigenvalue weighted by Crippen LogP contribution is 2.26. The van der Waals surface area contributed by atoms with Crippen molar-refractivity contribution in [2.75, 3.05) is 38.7 Å². The van der Waals surface area contributed by atoms with Gasteiger partial charge in [-0.15, -0.1) is 0 Å². The highest BCUT2D eigenvalue weighted by molar-refractivity contribution is 8.23. The van der Waals surface area contributed by atoms with Gasteiger partial charge < -0.3 is 19.5 Å². The first-order valence-electron chi connectivity index (χ1n) is 8.25. The van der Waals surface area contributed by atoms with E-state index in [9.17, 15) is 14.4 Å². The summed E-state index contributed by atoms with van der Waals surface area (Å²) in [7, 11) is 0. The van der Waals surface area contributed by atoms with Crippen LogP contribution in [-0.2, 0) is 19.1 Å². The number of hydrogen-bond acceptors (Lipinski definition) is 8. The molecule has 1 aliphatic heterocycles. The second kappa shape index (κ2) is 10.7. The fourth-order valence-corrected chi connectivity index (χ4v) is 3.25. The summed E-state index contributed by atoms with van der Waals surface area (Å²) in [6.07, 6.45) is 0. The molecule has 0 unspecified atom stereocenters. The number of benzene rings is 1. The maximum absolute atomic E-state index is 11.7. The molecule has 0 radical (unpaired) electrons. The third kappa shape index (κ3) is 6.72. The van der Waals surface area contributed by atoms with Crippen LogP contribution in [0.3, 0.4) is 0 Å². The van der Waals surface area contributed by atoms with Crippen molar-refractivity contribution in [3.05, 3.63) is 24.3 Å². The number of thioether (sulfide) groups is 1. The van der Waals surface area contributed by atoms with Crippen LogP contribution in [-0.4, -0.2) is 65.7 Å². The van der Waals surface area contributed by atoms with E-state index in [-0.39, 0.29) is 19.1 Å². The number of ether oxygens (including phenoxy) is 3. The van der Waals surface area contributed by atoms with Crippen LogP contribution < -0.4 is 14.8 Å². The lowest BCUT2D eigenvalue weighted by atomic mass is 10.3. The molecule has 0 bridgehead atoms. The van der Waals surface area contributed by atoms with Crippen LogP contribution in [0.25, 0.3) is 0 Å². The largest absolute Gasteiger partial charge is 0.490 e. The molecule has 10 heteroatoms. The molecule has 2 rings (SSSR count). The van der Waals surface area contributed by atoms with Crippen molar-refractivity contribution in [3.8, 4) is 11.5 Å². The van der Waals surface area contributed by atoms with Gasteiger partial charge in [-0.2, -0.15) is 0 Å². The van der Waals surface area contributed by atoms with Gasteiger partial charge in [0, 0.05) is 13.1 Å². The number of hydrogen-bond donors (Lipinski definition) is 1. The average Bonchev–Trinajstić information content (AvgIpc) is 2.98. The highest BCUT2D eigenvalue weighted by Gasteiger charge is 2.25. The minimum absolute atomic E-state index is 0.0739. The van der Waals surface area contributed by atoms with Gasteiger partial charge in [0.05, 0.1) is 12.4 Å². The summed E-state index contributed by atoms with van der Waals surface area (Å²) in [4.78, 5) is 36.4. The van der Waals surface area contributed by atoms with Crippen LogP contribution >= 0.6 is 24.0 Å². The Labute approximate surface area is 166 Å². The molecule has 0 aliphatic carbocycles. The quantitative estimate of drug-likeness (QED) is 0.449. The minimum atomic E-state index is -0.677. The molecule has 27 heavy (non-hydrogen) atoms. The van der Waals surface area contributed by atoms with Gasteiger partial charge in [-0.1, -0.05) is 36.1 Å². The standard InChI is InChI=1S/C17H20N2O6S2/c1-2-23-12-5-3-4-6-13(12)24-10-16(22)25-9-14(20)18-7-8-19-15(21)11-27-17(19)26/h3-6H,2,7-11H2,1H3,(H,18,20). The first kappa shape index (κ1) is 21.0. The number of nitrogens with zero attached hydrogens (tertiary/aromatic N) is 1. The van der Waals surface area contributed by atoms with Crippen LogP contribution in [0.1, 0.15) is 6.92 Å². The maximum Gasteiger partial charge on any atom is 0.344 e. The number of rotatable bonds is 10. The topological polar surface area (TPSA) is 94.2 Å². The lowest BCUT2D eigenvalue weighted by molar-refractivity contribution is -0.150. The molecule has 1 aromatic carbocycles. The average molecular weight is 412 g/mol. The molecule has 0 atom stereocenters. The highest BCUT2D eigenvalue weighted by atomic mass is 32.2. The van der Waals surface area contributed by atoms with Gasteiger partial charge in [-0.05, 0) is 19.1 Å². The van der Waals surface area contributed by atoms with Crippen LogP contribution in [0.4, 0.5) is 0 Å². The third-order valence-corrected chi connectivity index (χ3v) is 4.79. The Bertz CT molecular complexity index is 696. The summed E-state index contributed by atoms with van der Waals surface area (Å²) in [6, 6.07) is 6.95. The SMILES string of the molecule is CCOc1ccccc1OCC(=O)OCC(=O)NCCN1C(=O)CSC1=S. The van der Waals surface area contributed by atoms with Crippen molar-refractivity contribution in [1.82, 2.24) is 10.2 Å². The molecular weight excluding hydrogens is 392 g/mol. The molecule has 2 amide bonds. The van der Waals surface area contributed by atoms with Gasteiger partial charge in [0.2, 0.25) is 5.91 Å². The Morgan fingerprint density at radius 2 is 1.93 bits per heavy atom. The van der Waals surface area contributed by atoms with Crippen LogP contribution in [0.2, 0.25) is 0 Å². The van der Waals surface area contributed by atoms with Gasteiger partial charge >= 0.3 is 5.97 Å². The first-order valence-corrected chi connectivity index (χ1v) is 9.64. The third-order valence-electron chi connectivity index (χ3n) is 3.36. The Hall–Kier alpha value is -2.33. The summed E-state index contributed by atoms with van der Waals surface area (Å²) < 4.78 is 16.1. The molecule has 0 aromatic heterocycles. The first-order chi connectivity index (χ1) is 13.0. The zero-order valence-corrected chi connectivity index (χ0v) is 16.4. The smallest absolute Gasteiger partial charge is 0.344 e. The lowest BCUT2D eigenvalue weighted by Gasteiger charge is -2.15. The summed E-state index contributed by atoms with van der Waals surface area (Å²) in [6.45, 7) is 2.06. The molecular formula is C17H20N2O6S2. The second-order valence-electron chi connectivity index (χ2n) is 5.28. The van der Waals surface area contributed by atoms with E-state index >= 15 is 0 Å². The van der Waals surface area contributed by atoms with Crippen LogP contribution in [0.15, 0.2) is 24.3 Å². The van der Waals surface area contributed by atoms with E-state index in [1.807, 2.05) is 6.92 Å². The second-order valence-corrected chi connectivity index (χ2v) is 6.89. The van der Waals surface area contributed by atoms with E-state index in [4.69, 9.17) is 26.4 Å². The normalized spacial score (nSPS) is 13.4. The molecule has 8 nitrogen and oxygen atoms in total. The van der Waals surface area contributed by atoms with Crippen molar-refractivity contribution in [2.45, 2.75) is 6.92 Å². The molecule has 1 fully saturated rings. The van der Waals surface area contributed by atoms with Crippen molar-refractivity contribution >= 4 is 46.1 Å². The monoisotopic (exact) mass is 412 g/mol. The summed E-state index contributed by atoms with van der Waals surface area (Å²) in [5.41, 5.74) is 0. The summed E-state index contributed by atoms with van der Waals surface area (Å²) in [5.74, 6) is 0.0572. The maximum atomic E-state index is 11.7. The van der Waals surface area contributed by atoms with Gasteiger partial charge in [-0.3, -0.25) is 14.5 Å². The van der Waals surface area contributed by atoms with Crippen molar-refractivity contribution in [2.24, 2.45) is 0 Å². The van der Waals surface area contributed by atoms with E-state index in [0.717, 1.165) is 0 Å². The number of para-hydroxylation sites is 2. The molecule has 1 N–H and O–H groups in total. The zero-order valence-electron chi connectivity index (χ0n) is 14.8. The Morgan fingerprint density at radius 3 is 2.56 bits per heavy atom. The van der Waals surface area contributed by atoms with E-state index in [1.54, 1.807) is 24.3 Å². The van der Waals surface area contributed by atoms with Crippen LogP contribution in [0, 0.1) is 0 Å². The van der Waals surface area contributed by atoms with Crippen molar-refractivity contribution in [3.63, 3.8) is 0 Å². The molecule has 1 saturated heterocycles. The summed E-state index contributed by atoms with van der Waals surface area (Å²) in [5, 5.41) is 2.57. The Kier molecular flexibility index (Phi) is 8.34. The van der Waals surface area contributed by atoms with Crippen molar-refractivity contribution in [1.29, 1.82) is 0 Å². The number of carbonyl (C=O) groups excluding carboxylic acids is 3. The minimum Gasteiger partial charge on any atom is -0.490 e. The molecule has 0 saturated carbocycles. The number of thiocarbonyl (C=S) groups is 1. The van der Waals surface area contributed by atoms with Crippen LogP contribution in [0.5, 0.6) is 11.5 Å². The van der Waals surface area contributed by atoms with E-state index in [0.29, 0.717) is 34.7 Å².